The molecular weight excluding hydrogens is 336 g/mol. The Bertz CT molecular complexity index is 981. The van der Waals surface area contributed by atoms with Crippen molar-refractivity contribution in [3.8, 4) is 17.2 Å². The normalized spacial score (nSPS) is 12.9. The van der Waals surface area contributed by atoms with Crippen LogP contribution in [-0.4, -0.2) is 33.9 Å². The summed E-state index contributed by atoms with van der Waals surface area (Å²) in [6.45, 7) is 5.19. The molecule has 0 aliphatic heterocycles. The van der Waals surface area contributed by atoms with Gasteiger partial charge in [0.25, 0.3) is 0 Å². The summed E-state index contributed by atoms with van der Waals surface area (Å²) >= 11 is 0. The second-order valence-corrected chi connectivity index (χ2v) is 8.42. The van der Waals surface area contributed by atoms with E-state index in [1.54, 1.807) is 24.7 Å². The molecule has 0 saturated carbocycles. The molecule has 6 nitrogen and oxygen atoms in total. The lowest BCUT2D eigenvalue weighted by atomic mass is 10.2. The maximum absolute atomic E-state index is 12.4. The molecule has 0 unspecified atom stereocenters. The summed E-state index contributed by atoms with van der Waals surface area (Å²) in [5, 5.41) is 3.78. The van der Waals surface area contributed by atoms with Crippen molar-refractivity contribution in [3.63, 3.8) is 0 Å². The minimum atomic E-state index is -3.31. The first kappa shape index (κ1) is 17.3. The molecule has 2 aromatic heterocycles. The number of aromatic nitrogens is 4. The molecule has 130 valence electrons. The number of nitrogens with zero attached hydrogens (tertiary/aromatic N) is 4. The molecule has 0 saturated heterocycles. The fraction of sp³-hybridized carbons (Fsp3) is 0.278. The average molecular weight is 356 g/mol. The van der Waals surface area contributed by atoms with Crippen molar-refractivity contribution in [1.29, 1.82) is 0 Å². The summed E-state index contributed by atoms with van der Waals surface area (Å²) in [6, 6.07) is 13.2. The van der Waals surface area contributed by atoms with E-state index in [-0.39, 0.29) is 5.75 Å². The Kier molecular flexibility index (Phi) is 4.67. The molecule has 3 aromatic rings. The van der Waals surface area contributed by atoms with Crippen molar-refractivity contribution in [1.82, 2.24) is 19.7 Å². The standard InChI is InChI=1S/C18H20N4O2S/c1-4-25(23,24)14(3)18-20-16(15-10-6-5-7-11-15)21-22(18)17-13(2)9-8-12-19-17/h5-12,14H,4H2,1-3H3/t14-/m1/s1. The van der Waals surface area contributed by atoms with Crippen LogP contribution in [0.5, 0.6) is 0 Å². The third-order valence-electron chi connectivity index (χ3n) is 4.15. The second kappa shape index (κ2) is 6.76. The van der Waals surface area contributed by atoms with E-state index < -0.39 is 15.1 Å². The number of pyridine rings is 1. The van der Waals surface area contributed by atoms with E-state index in [1.165, 1.54) is 0 Å². The topological polar surface area (TPSA) is 77.7 Å². The van der Waals surface area contributed by atoms with Gasteiger partial charge in [-0.1, -0.05) is 43.3 Å². The third-order valence-corrected chi connectivity index (χ3v) is 6.24. The molecule has 3 rings (SSSR count). The predicted molar refractivity (Wildman–Crippen MR) is 97.2 cm³/mol. The zero-order valence-electron chi connectivity index (χ0n) is 14.4. The van der Waals surface area contributed by atoms with Gasteiger partial charge in [0.1, 0.15) is 5.25 Å². The molecule has 7 heteroatoms. The van der Waals surface area contributed by atoms with Gasteiger partial charge in [0.15, 0.2) is 27.3 Å². The highest BCUT2D eigenvalue weighted by atomic mass is 32.2. The molecule has 2 heterocycles. The molecule has 0 amide bonds. The van der Waals surface area contributed by atoms with Gasteiger partial charge in [0.2, 0.25) is 0 Å². The van der Waals surface area contributed by atoms with Gasteiger partial charge in [0.05, 0.1) is 0 Å². The predicted octanol–water partition coefficient (Wildman–Crippen LogP) is 3.13. The molecule has 0 N–H and O–H groups in total. The number of benzene rings is 1. The van der Waals surface area contributed by atoms with Gasteiger partial charge in [-0.2, -0.15) is 4.68 Å². The van der Waals surface area contributed by atoms with Gasteiger partial charge >= 0.3 is 0 Å². The Morgan fingerprint density at radius 1 is 1.12 bits per heavy atom. The summed E-state index contributed by atoms with van der Waals surface area (Å²) in [7, 11) is -3.31. The highest BCUT2D eigenvalue weighted by Crippen LogP contribution is 2.27. The van der Waals surface area contributed by atoms with Crippen LogP contribution in [0.4, 0.5) is 0 Å². The first-order chi connectivity index (χ1) is 11.9. The number of rotatable bonds is 5. The van der Waals surface area contributed by atoms with E-state index in [0.29, 0.717) is 17.5 Å². The molecule has 0 spiro atoms. The number of hydrogen-bond donors (Lipinski definition) is 0. The summed E-state index contributed by atoms with van der Waals surface area (Å²) < 4.78 is 26.4. The van der Waals surface area contributed by atoms with Crippen LogP contribution in [0.3, 0.4) is 0 Å². The fourth-order valence-corrected chi connectivity index (χ4v) is 3.54. The SMILES string of the molecule is CCS(=O)(=O)[C@H](C)c1nc(-c2ccccc2)nn1-c1ncccc1C. The maximum atomic E-state index is 12.4. The van der Waals surface area contributed by atoms with E-state index in [4.69, 9.17) is 0 Å². The first-order valence-electron chi connectivity index (χ1n) is 8.10. The Hall–Kier alpha value is -2.54. The van der Waals surface area contributed by atoms with Crippen molar-refractivity contribution in [2.75, 3.05) is 5.75 Å². The van der Waals surface area contributed by atoms with Crippen LogP contribution >= 0.6 is 0 Å². The molecule has 0 bridgehead atoms. The van der Waals surface area contributed by atoms with Crippen LogP contribution in [0.15, 0.2) is 48.7 Å². The van der Waals surface area contributed by atoms with Crippen LogP contribution in [0.1, 0.15) is 30.5 Å². The minimum absolute atomic E-state index is 0.0445. The van der Waals surface area contributed by atoms with Crippen LogP contribution < -0.4 is 0 Å². The highest BCUT2D eigenvalue weighted by Gasteiger charge is 2.28. The van der Waals surface area contributed by atoms with Crippen LogP contribution in [0, 0.1) is 6.92 Å². The van der Waals surface area contributed by atoms with Gasteiger partial charge in [-0.25, -0.2) is 18.4 Å². The first-order valence-corrected chi connectivity index (χ1v) is 9.81. The van der Waals surface area contributed by atoms with Crippen molar-refractivity contribution >= 4 is 9.84 Å². The highest BCUT2D eigenvalue weighted by molar-refractivity contribution is 7.91. The van der Waals surface area contributed by atoms with Crippen LogP contribution in [0.2, 0.25) is 0 Å². The smallest absolute Gasteiger partial charge is 0.181 e. The fourth-order valence-electron chi connectivity index (χ4n) is 2.56. The Balaban J connectivity index is 2.22. The van der Waals surface area contributed by atoms with Gasteiger partial charge in [0, 0.05) is 17.5 Å². The monoisotopic (exact) mass is 356 g/mol. The molecule has 25 heavy (non-hydrogen) atoms. The van der Waals surface area contributed by atoms with Crippen molar-refractivity contribution < 1.29 is 8.42 Å². The van der Waals surface area contributed by atoms with Crippen molar-refractivity contribution in [2.24, 2.45) is 0 Å². The third kappa shape index (κ3) is 3.32. The lowest BCUT2D eigenvalue weighted by Gasteiger charge is -2.13. The second-order valence-electron chi connectivity index (χ2n) is 5.81. The molecule has 1 aromatic carbocycles. The average Bonchev–Trinajstić information content (AvgIpc) is 3.07. The summed E-state index contributed by atoms with van der Waals surface area (Å²) in [5.74, 6) is 1.50. The molecule has 0 fully saturated rings. The van der Waals surface area contributed by atoms with Crippen molar-refractivity contribution in [3.05, 3.63) is 60.0 Å². The van der Waals surface area contributed by atoms with Gasteiger partial charge < -0.3 is 0 Å². The summed E-state index contributed by atoms with van der Waals surface area (Å²) in [5.41, 5.74) is 1.73. The molecule has 0 radical (unpaired) electrons. The lowest BCUT2D eigenvalue weighted by Crippen LogP contribution is -2.18. The summed E-state index contributed by atoms with van der Waals surface area (Å²) in [4.78, 5) is 8.92. The summed E-state index contributed by atoms with van der Waals surface area (Å²) in [6.07, 6.45) is 1.66. The molecule has 0 aliphatic rings. The molecule has 1 atom stereocenters. The number of aryl methyl sites for hydroxylation is 1. The van der Waals surface area contributed by atoms with E-state index >= 15 is 0 Å². The minimum Gasteiger partial charge on any atom is -0.237 e. The Labute approximate surface area is 147 Å². The van der Waals surface area contributed by atoms with Crippen molar-refractivity contribution in [2.45, 2.75) is 26.0 Å². The molecule has 0 aliphatic carbocycles. The van der Waals surface area contributed by atoms with Gasteiger partial charge in [-0.05, 0) is 25.5 Å². The number of sulfone groups is 1. The Morgan fingerprint density at radius 2 is 1.84 bits per heavy atom. The van der Waals surface area contributed by atoms with E-state index in [2.05, 4.69) is 15.1 Å². The van der Waals surface area contributed by atoms with E-state index in [1.807, 2.05) is 49.4 Å². The zero-order chi connectivity index (χ0) is 18.0. The van der Waals surface area contributed by atoms with E-state index in [0.717, 1.165) is 11.1 Å². The number of hydrogen-bond acceptors (Lipinski definition) is 5. The zero-order valence-corrected chi connectivity index (χ0v) is 15.2. The van der Waals surface area contributed by atoms with Crippen LogP contribution in [-0.2, 0) is 9.84 Å². The van der Waals surface area contributed by atoms with E-state index in [9.17, 15) is 8.42 Å². The Morgan fingerprint density at radius 3 is 2.48 bits per heavy atom. The van der Waals surface area contributed by atoms with Gasteiger partial charge in [-0.15, -0.1) is 5.10 Å². The molecular formula is C18H20N4O2S. The lowest BCUT2D eigenvalue weighted by molar-refractivity contribution is 0.581. The maximum Gasteiger partial charge on any atom is 0.181 e. The van der Waals surface area contributed by atoms with Crippen LogP contribution in [0.25, 0.3) is 17.2 Å². The largest absolute Gasteiger partial charge is 0.237 e. The van der Waals surface area contributed by atoms with Gasteiger partial charge in [-0.3, -0.25) is 0 Å². The quantitative estimate of drug-likeness (QED) is 0.702.